The predicted molar refractivity (Wildman–Crippen MR) is 63.1 cm³/mol. The molecule has 0 unspecified atom stereocenters. The monoisotopic (exact) mass is 236 g/mol. The highest BCUT2D eigenvalue weighted by molar-refractivity contribution is 5.86. The van der Waals surface area contributed by atoms with Gasteiger partial charge in [-0.15, -0.1) is 0 Å². The smallest absolute Gasteiger partial charge is 0.240 e. The Morgan fingerprint density at radius 1 is 1.41 bits per heavy atom. The summed E-state index contributed by atoms with van der Waals surface area (Å²) in [5, 5.41) is 11.9. The summed E-state index contributed by atoms with van der Waals surface area (Å²) >= 11 is 0. The molecule has 1 amide bonds. The molecule has 0 radical (unpaired) electrons. The van der Waals surface area contributed by atoms with Gasteiger partial charge < -0.3 is 10.1 Å². The first-order valence-electron chi connectivity index (χ1n) is 6.54. The van der Waals surface area contributed by atoms with E-state index in [1.165, 1.54) is 0 Å². The average molecular weight is 236 g/mol. The lowest BCUT2D eigenvalue weighted by Gasteiger charge is -2.33. The van der Waals surface area contributed by atoms with Crippen LogP contribution in [0, 0.1) is 22.7 Å². The number of hydrogen-bond acceptors (Lipinski definition) is 3. The quantitative estimate of drug-likeness (QED) is 0.806. The lowest BCUT2D eigenvalue weighted by Crippen LogP contribution is -2.45. The number of carbonyl (C=O) groups excluding carboxylic acids is 1. The van der Waals surface area contributed by atoms with E-state index >= 15 is 0 Å². The first-order chi connectivity index (χ1) is 8.27. The Hall–Kier alpha value is -1.08. The van der Waals surface area contributed by atoms with Gasteiger partial charge in [-0.25, -0.2) is 0 Å². The molecule has 2 aliphatic rings. The Morgan fingerprint density at radius 3 is 2.65 bits per heavy atom. The fraction of sp³-hybridized carbons (Fsp3) is 0.846. The molecule has 1 N–H and O–H groups in total. The standard InChI is InChI=1S/C13H20N2O2/c14-10-13(5-1-6-13)12(16)15-7-2-11-3-8-17-9-4-11/h11H,1-9H2,(H,15,16). The van der Waals surface area contributed by atoms with Crippen molar-refractivity contribution in [2.24, 2.45) is 11.3 Å². The number of carbonyl (C=O) groups is 1. The van der Waals surface area contributed by atoms with Crippen molar-refractivity contribution in [3.05, 3.63) is 0 Å². The number of ether oxygens (including phenoxy) is 1. The lowest BCUT2D eigenvalue weighted by molar-refractivity contribution is -0.131. The molecule has 0 bridgehead atoms. The number of rotatable bonds is 4. The summed E-state index contributed by atoms with van der Waals surface area (Å²) in [6.45, 7) is 2.40. The molecule has 0 atom stereocenters. The van der Waals surface area contributed by atoms with Crippen molar-refractivity contribution in [1.82, 2.24) is 5.32 Å². The number of hydrogen-bond donors (Lipinski definition) is 1. The number of nitrogens with one attached hydrogen (secondary N) is 1. The zero-order chi connectivity index (χ0) is 12.1. The van der Waals surface area contributed by atoms with Crippen LogP contribution in [0.3, 0.4) is 0 Å². The van der Waals surface area contributed by atoms with Crippen LogP contribution in [0.1, 0.15) is 38.5 Å². The molecule has 17 heavy (non-hydrogen) atoms. The predicted octanol–water partition coefficient (Wildman–Crippen LogP) is 1.61. The van der Waals surface area contributed by atoms with Crippen molar-refractivity contribution < 1.29 is 9.53 Å². The second kappa shape index (κ2) is 5.50. The Kier molecular flexibility index (Phi) is 4.01. The van der Waals surface area contributed by atoms with Crippen molar-refractivity contribution in [2.75, 3.05) is 19.8 Å². The van der Waals surface area contributed by atoms with E-state index in [9.17, 15) is 4.79 Å². The van der Waals surface area contributed by atoms with Gasteiger partial charge in [0, 0.05) is 19.8 Å². The Balaban J connectivity index is 1.68. The molecule has 1 saturated heterocycles. The highest BCUT2D eigenvalue weighted by Gasteiger charge is 2.44. The first kappa shape index (κ1) is 12.4. The van der Waals surface area contributed by atoms with E-state index in [-0.39, 0.29) is 5.91 Å². The van der Waals surface area contributed by atoms with Crippen LogP contribution in [0.4, 0.5) is 0 Å². The van der Waals surface area contributed by atoms with E-state index in [0.717, 1.165) is 51.7 Å². The second-order valence-electron chi connectivity index (χ2n) is 5.15. The van der Waals surface area contributed by atoms with Gasteiger partial charge in [-0.2, -0.15) is 5.26 Å². The van der Waals surface area contributed by atoms with Gasteiger partial charge in [0.2, 0.25) is 5.91 Å². The maximum absolute atomic E-state index is 11.9. The molecule has 1 heterocycles. The minimum absolute atomic E-state index is 0.0571. The minimum Gasteiger partial charge on any atom is -0.381 e. The molecular formula is C13H20N2O2. The zero-order valence-corrected chi connectivity index (χ0v) is 10.2. The second-order valence-corrected chi connectivity index (χ2v) is 5.15. The number of nitrogens with zero attached hydrogens (tertiary/aromatic N) is 1. The molecule has 1 aliphatic carbocycles. The van der Waals surface area contributed by atoms with Gasteiger partial charge >= 0.3 is 0 Å². The molecule has 0 aromatic heterocycles. The maximum Gasteiger partial charge on any atom is 0.240 e. The van der Waals surface area contributed by atoms with Crippen molar-refractivity contribution in [3.8, 4) is 6.07 Å². The van der Waals surface area contributed by atoms with Crippen molar-refractivity contribution in [3.63, 3.8) is 0 Å². The van der Waals surface area contributed by atoms with Gasteiger partial charge in [0.1, 0.15) is 5.41 Å². The van der Waals surface area contributed by atoms with Crippen LogP contribution in [0.25, 0.3) is 0 Å². The summed E-state index contributed by atoms with van der Waals surface area (Å²) in [4.78, 5) is 11.9. The van der Waals surface area contributed by atoms with Crippen molar-refractivity contribution in [2.45, 2.75) is 38.5 Å². The summed E-state index contributed by atoms with van der Waals surface area (Å²) in [6, 6.07) is 2.17. The maximum atomic E-state index is 11.9. The summed E-state index contributed by atoms with van der Waals surface area (Å²) in [5.41, 5.74) is -0.699. The number of nitriles is 1. The summed E-state index contributed by atoms with van der Waals surface area (Å²) in [7, 11) is 0. The molecule has 0 spiro atoms. The van der Waals surface area contributed by atoms with Crippen LogP contribution in [0.5, 0.6) is 0 Å². The molecular weight excluding hydrogens is 216 g/mol. The SMILES string of the molecule is N#CC1(C(=O)NCCC2CCOCC2)CCC1. The van der Waals surface area contributed by atoms with Crippen LogP contribution >= 0.6 is 0 Å². The molecule has 0 aromatic rings. The molecule has 0 aromatic carbocycles. The Morgan fingerprint density at radius 2 is 2.12 bits per heavy atom. The largest absolute Gasteiger partial charge is 0.381 e. The normalized spacial score (nSPS) is 23.5. The molecule has 2 rings (SSSR count). The van der Waals surface area contributed by atoms with Crippen molar-refractivity contribution in [1.29, 1.82) is 5.26 Å². The fourth-order valence-electron chi connectivity index (χ4n) is 2.51. The van der Waals surface area contributed by atoms with Gasteiger partial charge in [-0.05, 0) is 44.4 Å². The van der Waals surface area contributed by atoms with Gasteiger partial charge in [0.25, 0.3) is 0 Å². The summed E-state index contributed by atoms with van der Waals surface area (Å²) < 4.78 is 5.29. The molecule has 2 fully saturated rings. The first-order valence-corrected chi connectivity index (χ1v) is 6.54. The van der Waals surface area contributed by atoms with E-state index in [4.69, 9.17) is 10.00 Å². The molecule has 4 heteroatoms. The van der Waals surface area contributed by atoms with E-state index in [1.54, 1.807) is 0 Å². The Labute approximate surface area is 102 Å². The van der Waals surface area contributed by atoms with Crippen LogP contribution in [-0.4, -0.2) is 25.7 Å². The van der Waals surface area contributed by atoms with Crippen LogP contribution < -0.4 is 5.32 Å². The highest BCUT2D eigenvalue weighted by Crippen LogP contribution is 2.40. The lowest BCUT2D eigenvalue weighted by atomic mass is 9.69. The fourth-order valence-corrected chi connectivity index (χ4v) is 2.51. The third kappa shape index (κ3) is 2.78. The minimum atomic E-state index is -0.699. The zero-order valence-electron chi connectivity index (χ0n) is 10.2. The van der Waals surface area contributed by atoms with Crippen LogP contribution in [-0.2, 0) is 9.53 Å². The van der Waals surface area contributed by atoms with E-state index in [1.807, 2.05) is 0 Å². The van der Waals surface area contributed by atoms with Crippen LogP contribution in [0.2, 0.25) is 0 Å². The highest BCUT2D eigenvalue weighted by atomic mass is 16.5. The third-order valence-corrected chi connectivity index (χ3v) is 4.03. The number of amides is 1. The summed E-state index contributed by atoms with van der Waals surface area (Å²) in [5.74, 6) is 0.613. The third-order valence-electron chi connectivity index (χ3n) is 4.03. The van der Waals surface area contributed by atoms with Gasteiger partial charge in [0.05, 0.1) is 6.07 Å². The topological polar surface area (TPSA) is 62.1 Å². The van der Waals surface area contributed by atoms with E-state index < -0.39 is 5.41 Å². The molecule has 1 aliphatic heterocycles. The van der Waals surface area contributed by atoms with Crippen molar-refractivity contribution >= 4 is 5.91 Å². The molecule has 94 valence electrons. The van der Waals surface area contributed by atoms with Gasteiger partial charge in [-0.3, -0.25) is 4.79 Å². The molecule has 1 saturated carbocycles. The Bertz CT molecular complexity index is 312. The van der Waals surface area contributed by atoms with Crippen LogP contribution in [0.15, 0.2) is 0 Å². The molecule has 4 nitrogen and oxygen atoms in total. The van der Waals surface area contributed by atoms with Gasteiger partial charge in [0.15, 0.2) is 0 Å². The average Bonchev–Trinajstić information content (AvgIpc) is 2.30. The summed E-state index contributed by atoms with van der Waals surface area (Å²) in [6.07, 6.45) is 5.66. The van der Waals surface area contributed by atoms with E-state index in [0.29, 0.717) is 12.5 Å². The van der Waals surface area contributed by atoms with Gasteiger partial charge in [-0.1, -0.05) is 0 Å². The van der Waals surface area contributed by atoms with E-state index in [2.05, 4.69) is 11.4 Å².